The molecule has 2 heterocycles. The lowest BCUT2D eigenvalue weighted by Crippen LogP contribution is -2.41. The van der Waals surface area contributed by atoms with E-state index in [0.29, 0.717) is 18.4 Å². The molecule has 0 radical (unpaired) electrons. The molecule has 1 fully saturated rings. The van der Waals surface area contributed by atoms with E-state index in [1.165, 1.54) is 59.5 Å². The van der Waals surface area contributed by atoms with Crippen LogP contribution in [-0.2, 0) is 17.1 Å². The molecule has 0 atom stereocenters. The summed E-state index contributed by atoms with van der Waals surface area (Å²) in [7, 11) is -2.47. The number of halogens is 1. The predicted octanol–water partition coefficient (Wildman–Crippen LogP) is 4.49. The molecule has 6 rings (SSSR count). The van der Waals surface area contributed by atoms with E-state index in [2.05, 4.69) is 10.0 Å². The average molecular weight is 602 g/mol. The van der Waals surface area contributed by atoms with E-state index in [1.54, 1.807) is 43.3 Å². The Morgan fingerprint density at radius 1 is 0.884 bits per heavy atom. The number of aromatic nitrogens is 3. The van der Waals surface area contributed by atoms with Crippen LogP contribution < -0.4 is 26.8 Å². The zero-order valence-corrected chi connectivity index (χ0v) is 24.4. The van der Waals surface area contributed by atoms with Gasteiger partial charge in [-0.15, -0.1) is 0 Å². The number of benzene rings is 3. The van der Waals surface area contributed by atoms with Crippen LogP contribution in [0.25, 0.3) is 16.6 Å². The second kappa shape index (κ2) is 10.4. The molecule has 0 unspecified atom stereocenters. The zero-order chi connectivity index (χ0) is 30.6. The number of aryl methyl sites for hydroxylation is 2. The van der Waals surface area contributed by atoms with E-state index in [9.17, 15) is 27.2 Å². The van der Waals surface area contributed by atoms with Crippen molar-refractivity contribution in [1.29, 1.82) is 0 Å². The minimum absolute atomic E-state index is 0.0290. The number of nitrogens with zero attached hydrogens (tertiary/aromatic N) is 3. The molecule has 2 aromatic heterocycles. The Kier molecular flexibility index (Phi) is 6.80. The molecule has 220 valence electrons. The van der Waals surface area contributed by atoms with Crippen molar-refractivity contribution in [2.75, 3.05) is 10.0 Å². The molecule has 0 bridgehead atoms. The number of pyridine rings is 1. The van der Waals surface area contributed by atoms with E-state index in [4.69, 9.17) is 0 Å². The van der Waals surface area contributed by atoms with Crippen molar-refractivity contribution in [3.05, 3.63) is 121 Å². The molecule has 0 spiro atoms. The van der Waals surface area contributed by atoms with Gasteiger partial charge in [-0.25, -0.2) is 17.6 Å². The molecule has 2 N–H and O–H groups in total. The number of anilines is 3. The molecule has 43 heavy (non-hydrogen) atoms. The van der Waals surface area contributed by atoms with Gasteiger partial charge >= 0.3 is 5.69 Å². The van der Waals surface area contributed by atoms with Crippen LogP contribution in [0.4, 0.5) is 21.6 Å². The van der Waals surface area contributed by atoms with Crippen LogP contribution in [0.1, 0.15) is 30.0 Å². The first-order chi connectivity index (χ1) is 20.5. The number of hydrogen-bond donors (Lipinski definition) is 2. The Bertz CT molecular complexity index is 2220. The minimum atomic E-state index is -3.94. The summed E-state index contributed by atoms with van der Waals surface area (Å²) in [6.07, 6.45) is 1.25. The summed E-state index contributed by atoms with van der Waals surface area (Å²) in [5, 5.41) is 2.96. The number of nitrogens with one attached hydrogen (secondary N) is 2. The van der Waals surface area contributed by atoms with Crippen molar-refractivity contribution in [3.63, 3.8) is 0 Å². The Morgan fingerprint density at radius 2 is 1.60 bits per heavy atom. The van der Waals surface area contributed by atoms with Crippen molar-refractivity contribution in [2.45, 2.75) is 37.6 Å². The van der Waals surface area contributed by atoms with Crippen LogP contribution in [0, 0.1) is 19.7 Å². The maximum Gasteiger partial charge on any atom is 0.336 e. The van der Waals surface area contributed by atoms with E-state index in [-0.39, 0.29) is 50.3 Å². The van der Waals surface area contributed by atoms with Crippen LogP contribution in [0.5, 0.6) is 0 Å². The molecule has 0 saturated heterocycles. The molecular weight excluding hydrogens is 573 g/mol. The highest BCUT2D eigenvalue weighted by atomic mass is 32.2. The Morgan fingerprint density at radius 3 is 2.28 bits per heavy atom. The summed E-state index contributed by atoms with van der Waals surface area (Å²) < 4.78 is 47.1. The maximum absolute atomic E-state index is 14.9. The molecule has 1 saturated carbocycles. The van der Waals surface area contributed by atoms with E-state index in [1.807, 2.05) is 0 Å². The van der Waals surface area contributed by atoms with Gasteiger partial charge in [-0.1, -0.05) is 30.3 Å². The molecular formula is C31H28FN5O5S. The number of sulfonamides is 1. The van der Waals surface area contributed by atoms with Crippen LogP contribution >= 0.6 is 0 Å². The standard InChI is InChI=1S/C31H28FN5O5S/c1-18-12-15-25(24(32)16-18)33-28-26-27(19(2)29(38)35(28)3)36(31(40)37(30(26)39)21-13-14-21)22-9-7-8-20(17-22)34-43(41,42)23-10-5-4-6-11-23/h4-12,15-17,21,33-34H,13-14H2,1-3H3. The topological polar surface area (TPSA) is 124 Å². The first kappa shape index (κ1) is 28.2. The molecule has 1 aliphatic carbocycles. The summed E-state index contributed by atoms with van der Waals surface area (Å²) in [6, 6.07) is 18.2. The predicted molar refractivity (Wildman–Crippen MR) is 164 cm³/mol. The second-order valence-electron chi connectivity index (χ2n) is 10.7. The average Bonchev–Trinajstić information content (AvgIpc) is 3.81. The third-order valence-corrected chi connectivity index (χ3v) is 8.94. The van der Waals surface area contributed by atoms with Gasteiger partial charge in [0.15, 0.2) is 0 Å². The van der Waals surface area contributed by atoms with Crippen molar-refractivity contribution in [2.24, 2.45) is 7.05 Å². The lowest BCUT2D eigenvalue weighted by atomic mass is 10.1. The normalized spacial score (nSPS) is 13.3. The summed E-state index contributed by atoms with van der Waals surface area (Å²) in [5.41, 5.74) is -0.432. The highest BCUT2D eigenvalue weighted by Gasteiger charge is 2.31. The molecule has 3 aromatic carbocycles. The van der Waals surface area contributed by atoms with Gasteiger partial charge in [-0.3, -0.25) is 28.0 Å². The quantitative estimate of drug-likeness (QED) is 0.283. The molecule has 0 aliphatic heterocycles. The van der Waals surface area contributed by atoms with E-state index in [0.717, 1.165) is 4.57 Å². The first-order valence-corrected chi connectivity index (χ1v) is 15.1. The van der Waals surface area contributed by atoms with Gasteiger partial charge in [0.2, 0.25) is 0 Å². The van der Waals surface area contributed by atoms with Gasteiger partial charge < -0.3 is 5.32 Å². The van der Waals surface area contributed by atoms with E-state index >= 15 is 0 Å². The third kappa shape index (κ3) is 4.93. The van der Waals surface area contributed by atoms with Crippen molar-refractivity contribution < 1.29 is 12.8 Å². The van der Waals surface area contributed by atoms with Crippen molar-refractivity contribution >= 4 is 38.1 Å². The SMILES string of the molecule is Cc1ccc(Nc2c3c(=O)n(C4CC4)c(=O)n(-c4cccc(NS(=O)(=O)c5ccccc5)c4)c3c(C)c(=O)n2C)c(F)c1. The molecule has 0 amide bonds. The van der Waals surface area contributed by atoms with Gasteiger partial charge in [0.25, 0.3) is 21.1 Å². The third-order valence-electron chi connectivity index (χ3n) is 7.54. The van der Waals surface area contributed by atoms with Crippen LogP contribution in [-0.4, -0.2) is 22.1 Å². The van der Waals surface area contributed by atoms with Crippen molar-refractivity contribution in [3.8, 4) is 5.69 Å². The number of fused-ring (bicyclic) bond motifs is 1. The molecule has 1 aliphatic rings. The van der Waals surface area contributed by atoms with Gasteiger partial charge in [0.05, 0.1) is 27.5 Å². The zero-order valence-electron chi connectivity index (χ0n) is 23.6. The fraction of sp³-hybridized carbons (Fsp3) is 0.194. The second-order valence-corrected chi connectivity index (χ2v) is 12.3. The highest BCUT2D eigenvalue weighted by molar-refractivity contribution is 7.92. The Labute approximate surface area is 245 Å². The number of hydrogen-bond acceptors (Lipinski definition) is 6. The summed E-state index contributed by atoms with van der Waals surface area (Å²) in [4.78, 5) is 41.6. The van der Waals surface area contributed by atoms with Gasteiger partial charge in [-0.2, -0.15) is 0 Å². The molecule has 10 nitrogen and oxygen atoms in total. The summed E-state index contributed by atoms with van der Waals surface area (Å²) in [6.45, 7) is 3.25. The van der Waals surface area contributed by atoms with Crippen LogP contribution in [0.15, 0.2) is 92.1 Å². The minimum Gasteiger partial charge on any atom is -0.338 e. The Hall–Kier alpha value is -4.97. The fourth-order valence-corrected chi connectivity index (χ4v) is 6.30. The smallest absolute Gasteiger partial charge is 0.336 e. The molecule has 12 heteroatoms. The molecule has 5 aromatic rings. The number of rotatable bonds is 7. The summed E-state index contributed by atoms with van der Waals surface area (Å²) in [5.74, 6) is -0.544. The van der Waals surface area contributed by atoms with Crippen LogP contribution in [0.3, 0.4) is 0 Å². The summed E-state index contributed by atoms with van der Waals surface area (Å²) >= 11 is 0. The Balaban J connectivity index is 1.62. The van der Waals surface area contributed by atoms with Gasteiger partial charge in [0.1, 0.15) is 17.0 Å². The van der Waals surface area contributed by atoms with Crippen LogP contribution in [0.2, 0.25) is 0 Å². The van der Waals surface area contributed by atoms with Gasteiger partial charge in [0, 0.05) is 18.7 Å². The monoisotopic (exact) mass is 601 g/mol. The first-order valence-electron chi connectivity index (χ1n) is 13.6. The van der Waals surface area contributed by atoms with E-state index < -0.39 is 32.6 Å². The lowest BCUT2D eigenvalue weighted by molar-refractivity contribution is 0.601. The van der Waals surface area contributed by atoms with Crippen molar-refractivity contribution in [1.82, 2.24) is 13.7 Å². The van der Waals surface area contributed by atoms with Gasteiger partial charge in [-0.05, 0) is 74.7 Å². The highest BCUT2D eigenvalue weighted by Crippen LogP contribution is 2.34. The maximum atomic E-state index is 14.9. The fourth-order valence-electron chi connectivity index (χ4n) is 5.23. The lowest BCUT2D eigenvalue weighted by Gasteiger charge is -2.21. The largest absolute Gasteiger partial charge is 0.338 e.